The maximum Gasteiger partial charge on any atom is 0.267 e. The van der Waals surface area contributed by atoms with Gasteiger partial charge >= 0.3 is 0 Å². The average Bonchev–Trinajstić information content (AvgIpc) is 2.98. The minimum absolute atomic E-state index is 0.256. The van der Waals surface area contributed by atoms with Crippen molar-refractivity contribution in [3.05, 3.63) is 60.8 Å². The zero-order valence-electron chi connectivity index (χ0n) is 27.6. The molecule has 8 heteroatoms. The number of carbonyl (C=O) groups excluding carboxylic acids is 1. The number of rotatable bonds is 29. The van der Waals surface area contributed by atoms with E-state index in [1.165, 1.54) is 31.8 Å². The molecular weight excluding hydrogens is 574 g/mol. The second-order valence-corrected chi connectivity index (χ2v) is 13.1. The highest BCUT2D eigenvalue weighted by molar-refractivity contribution is 7.85. The molecule has 3 unspecified atom stereocenters. The summed E-state index contributed by atoms with van der Waals surface area (Å²) in [6.45, 7) is 4.37. The molecular formula is C36H63NO6S. The molecule has 0 saturated carbocycles. The largest absolute Gasteiger partial charge is 0.387 e. The quantitative estimate of drug-likeness (QED) is 0.0372. The summed E-state index contributed by atoms with van der Waals surface area (Å²) in [5.74, 6) is -1.59. The monoisotopic (exact) mass is 637 g/mol. The summed E-state index contributed by atoms with van der Waals surface area (Å²) in [5, 5.41) is 23.2. The number of nitrogens with one attached hydrogen (secondary N) is 1. The van der Waals surface area contributed by atoms with Crippen molar-refractivity contribution in [2.75, 3.05) is 5.75 Å². The molecule has 0 rings (SSSR count). The Morgan fingerprint density at radius 2 is 1.14 bits per heavy atom. The first-order chi connectivity index (χ1) is 21.2. The van der Waals surface area contributed by atoms with Crippen molar-refractivity contribution in [2.24, 2.45) is 0 Å². The fourth-order valence-electron chi connectivity index (χ4n) is 4.58. The number of carbonyl (C=O) groups is 1. The van der Waals surface area contributed by atoms with E-state index < -0.39 is 40.0 Å². The number of aliphatic hydroxyl groups is 2. The Labute approximate surface area is 269 Å². The van der Waals surface area contributed by atoms with Crippen LogP contribution in [0.25, 0.3) is 0 Å². The molecule has 4 N–H and O–H groups in total. The number of allylic oxidation sites excluding steroid dienone is 9. The Kier molecular flexibility index (Phi) is 28.3. The van der Waals surface area contributed by atoms with Crippen LogP contribution in [-0.4, -0.2) is 53.1 Å². The van der Waals surface area contributed by atoms with Crippen LogP contribution in [0.4, 0.5) is 0 Å². The maximum absolute atomic E-state index is 12.5. The molecule has 3 atom stereocenters. The van der Waals surface area contributed by atoms with Gasteiger partial charge in [-0.2, -0.15) is 8.42 Å². The molecule has 0 spiro atoms. The van der Waals surface area contributed by atoms with Crippen LogP contribution in [-0.2, 0) is 14.9 Å². The van der Waals surface area contributed by atoms with Crippen molar-refractivity contribution in [3.8, 4) is 0 Å². The van der Waals surface area contributed by atoms with Crippen molar-refractivity contribution < 1.29 is 28.0 Å². The lowest BCUT2D eigenvalue weighted by Crippen LogP contribution is -2.50. The van der Waals surface area contributed by atoms with E-state index in [9.17, 15) is 28.0 Å². The predicted molar refractivity (Wildman–Crippen MR) is 185 cm³/mol. The van der Waals surface area contributed by atoms with E-state index in [-0.39, 0.29) is 6.42 Å². The molecule has 7 nitrogen and oxygen atoms in total. The third kappa shape index (κ3) is 28.8. The van der Waals surface area contributed by atoms with E-state index in [1.807, 2.05) is 0 Å². The zero-order chi connectivity index (χ0) is 32.7. The number of unbranched alkanes of at least 4 members (excludes halogenated alkanes) is 12. The van der Waals surface area contributed by atoms with Crippen molar-refractivity contribution in [1.82, 2.24) is 5.32 Å². The van der Waals surface area contributed by atoms with Crippen molar-refractivity contribution in [1.29, 1.82) is 0 Å². The molecule has 0 fully saturated rings. The normalized spacial score (nSPS) is 14.9. The summed E-state index contributed by atoms with van der Waals surface area (Å²) >= 11 is 0. The molecule has 0 aliphatic rings. The van der Waals surface area contributed by atoms with E-state index in [2.05, 4.69) is 67.8 Å². The fraction of sp³-hybridized carbons (Fsp3) is 0.694. The first-order valence-corrected chi connectivity index (χ1v) is 18.7. The first kappa shape index (κ1) is 42.0. The van der Waals surface area contributed by atoms with Crippen LogP contribution in [0.3, 0.4) is 0 Å². The Morgan fingerprint density at radius 1 is 0.636 bits per heavy atom. The molecule has 0 aliphatic heterocycles. The van der Waals surface area contributed by atoms with Gasteiger partial charge in [-0.15, -0.1) is 0 Å². The lowest BCUT2D eigenvalue weighted by atomic mass is 10.0. The molecule has 0 radical (unpaired) electrons. The minimum atomic E-state index is -4.45. The van der Waals surface area contributed by atoms with Crippen molar-refractivity contribution in [2.45, 2.75) is 154 Å². The summed E-state index contributed by atoms with van der Waals surface area (Å²) in [5.41, 5.74) is 0. The summed E-state index contributed by atoms with van der Waals surface area (Å²) in [4.78, 5) is 12.5. The molecule has 0 saturated heterocycles. The van der Waals surface area contributed by atoms with Crippen LogP contribution in [0.15, 0.2) is 60.8 Å². The third-order valence-electron chi connectivity index (χ3n) is 7.23. The number of aliphatic hydroxyl groups excluding tert-OH is 2. The van der Waals surface area contributed by atoms with Gasteiger partial charge in [0.25, 0.3) is 10.1 Å². The van der Waals surface area contributed by atoms with E-state index >= 15 is 0 Å². The van der Waals surface area contributed by atoms with Crippen molar-refractivity contribution >= 4 is 16.0 Å². The molecule has 44 heavy (non-hydrogen) atoms. The summed E-state index contributed by atoms with van der Waals surface area (Å²) in [6.07, 6.45) is 37.1. The second kappa shape index (κ2) is 29.7. The number of hydrogen-bond acceptors (Lipinski definition) is 5. The third-order valence-corrected chi connectivity index (χ3v) is 8.01. The van der Waals surface area contributed by atoms with Crippen LogP contribution < -0.4 is 5.32 Å². The Hall–Kier alpha value is -2.00. The van der Waals surface area contributed by atoms with Gasteiger partial charge in [-0.25, -0.2) is 0 Å². The maximum atomic E-state index is 12.5. The molecule has 0 aromatic carbocycles. The van der Waals surface area contributed by atoms with Crippen LogP contribution in [0.2, 0.25) is 0 Å². The minimum Gasteiger partial charge on any atom is -0.387 e. The van der Waals surface area contributed by atoms with Gasteiger partial charge in [0.2, 0.25) is 5.91 Å². The van der Waals surface area contributed by atoms with Crippen molar-refractivity contribution in [3.63, 3.8) is 0 Å². The summed E-state index contributed by atoms with van der Waals surface area (Å²) in [6, 6.07) is -1.26. The lowest BCUT2D eigenvalue weighted by molar-refractivity contribution is -0.130. The van der Waals surface area contributed by atoms with Crippen LogP contribution >= 0.6 is 0 Å². The van der Waals surface area contributed by atoms with Gasteiger partial charge in [-0.3, -0.25) is 9.35 Å². The fourth-order valence-corrected chi connectivity index (χ4v) is 5.32. The zero-order valence-corrected chi connectivity index (χ0v) is 28.4. The van der Waals surface area contributed by atoms with E-state index in [4.69, 9.17) is 0 Å². The first-order valence-electron chi connectivity index (χ1n) is 17.1. The van der Waals surface area contributed by atoms with Gasteiger partial charge in [0.05, 0.1) is 17.9 Å². The van der Waals surface area contributed by atoms with Crippen LogP contribution in [0.1, 0.15) is 136 Å². The van der Waals surface area contributed by atoms with Gasteiger partial charge in [-0.1, -0.05) is 126 Å². The molecule has 0 aliphatic carbocycles. The topological polar surface area (TPSA) is 124 Å². The van der Waals surface area contributed by atoms with Gasteiger partial charge < -0.3 is 15.5 Å². The molecule has 0 aromatic heterocycles. The van der Waals surface area contributed by atoms with Gasteiger partial charge in [0.1, 0.15) is 6.10 Å². The van der Waals surface area contributed by atoms with Gasteiger partial charge in [-0.05, 0) is 70.6 Å². The van der Waals surface area contributed by atoms with Gasteiger partial charge in [0, 0.05) is 0 Å². The summed E-state index contributed by atoms with van der Waals surface area (Å²) < 4.78 is 32.3. The van der Waals surface area contributed by atoms with Crippen LogP contribution in [0, 0.1) is 0 Å². The van der Waals surface area contributed by atoms with Gasteiger partial charge in [0.15, 0.2) is 0 Å². The highest BCUT2D eigenvalue weighted by Crippen LogP contribution is 2.11. The Balaban J connectivity index is 4.23. The molecule has 254 valence electrons. The van der Waals surface area contributed by atoms with E-state index in [0.717, 1.165) is 77.0 Å². The molecule has 0 bridgehead atoms. The molecule has 0 aromatic rings. The highest BCUT2D eigenvalue weighted by atomic mass is 32.2. The SMILES string of the molecule is CCC/C=C/CC/C=C/CC/C=C/C(O)C(CS(=O)(=O)O)NC(=O)C(O)CCCCCCCC/C=C\C/C=C\CCCCC. The predicted octanol–water partition coefficient (Wildman–Crippen LogP) is 8.31. The highest BCUT2D eigenvalue weighted by Gasteiger charge is 2.27. The second-order valence-electron chi connectivity index (χ2n) is 11.6. The summed E-state index contributed by atoms with van der Waals surface area (Å²) in [7, 11) is -4.45. The standard InChI is InChI=1S/C36H63NO6S/c1-3-5-7-9-11-13-15-16-17-18-19-21-23-25-27-29-31-35(39)36(40)37-33(32-44(41,42)43)34(38)30-28-26-24-22-20-14-12-10-8-6-4-2/h8,10-11,13,16-17,20,22,28,30,33-35,38-39H,3-7,9,12,14-15,18-19,21,23-27,29,31-32H2,1-2H3,(H,37,40)(H,41,42,43)/b10-8+,13-11-,17-16-,22-20+,30-28+. The Morgan fingerprint density at radius 3 is 1.70 bits per heavy atom. The molecule has 0 heterocycles. The van der Waals surface area contributed by atoms with E-state index in [0.29, 0.717) is 12.8 Å². The average molecular weight is 638 g/mol. The smallest absolute Gasteiger partial charge is 0.267 e. The Bertz CT molecular complexity index is 938. The lowest BCUT2D eigenvalue weighted by Gasteiger charge is -2.22. The number of hydrogen-bond donors (Lipinski definition) is 4. The number of amides is 1. The van der Waals surface area contributed by atoms with Crippen LogP contribution in [0.5, 0.6) is 0 Å². The molecule has 1 amide bonds. The van der Waals surface area contributed by atoms with E-state index in [1.54, 1.807) is 6.08 Å².